The van der Waals surface area contributed by atoms with Gasteiger partial charge in [-0.05, 0) is 35.7 Å². The van der Waals surface area contributed by atoms with E-state index in [1.165, 1.54) is 6.07 Å². The molecule has 0 aliphatic carbocycles. The van der Waals surface area contributed by atoms with Gasteiger partial charge in [0.1, 0.15) is 11.3 Å². The first-order valence-corrected chi connectivity index (χ1v) is 9.17. The van der Waals surface area contributed by atoms with Crippen molar-refractivity contribution in [2.75, 3.05) is 0 Å². The third-order valence-corrected chi connectivity index (χ3v) is 4.64. The van der Waals surface area contributed by atoms with E-state index in [9.17, 15) is 4.79 Å². The predicted octanol–water partition coefficient (Wildman–Crippen LogP) is 5.20. The molecule has 2 aromatic heterocycles. The average molecular weight is 397 g/mol. The molecule has 0 spiro atoms. The number of hydrogen-bond donors (Lipinski definition) is 0. The summed E-state index contributed by atoms with van der Waals surface area (Å²) in [6.45, 7) is 4.15. The number of ether oxygens (including phenoxy) is 1. The van der Waals surface area contributed by atoms with Gasteiger partial charge in [0.2, 0.25) is 5.82 Å². The van der Waals surface area contributed by atoms with Gasteiger partial charge in [-0.3, -0.25) is 0 Å². The maximum absolute atomic E-state index is 11.8. The molecule has 4 rings (SSSR count). The van der Waals surface area contributed by atoms with Gasteiger partial charge in [-0.15, -0.1) is 0 Å². The maximum atomic E-state index is 11.8. The van der Waals surface area contributed by atoms with Crippen LogP contribution in [0.1, 0.15) is 31.2 Å². The van der Waals surface area contributed by atoms with Crippen molar-refractivity contribution in [2.45, 2.75) is 26.4 Å². The molecule has 0 aliphatic rings. The highest BCUT2D eigenvalue weighted by molar-refractivity contribution is 6.33. The zero-order chi connectivity index (χ0) is 19.7. The highest BCUT2D eigenvalue weighted by Gasteiger charge is 2.13. The van der Waals surface area contributed by atoms with E-state index >= 15 is 0 Å². The Kier molecular flexibility index (Phi) is 4.88. The van der Waals surface area contributed by atoms with Crippen LogP contribution in [0.5, 0.6) is 5.75 Å². The Labute approximate surface area is 165 Å². The van der Waals surface area contributed by atoms with Crippen LogP contribution >= 0.6 is 11.6 Å². The monoisotopic (exact) mass is 396 g/mol. The molecule has 6 nitrogen and oxygen atoms in total. The third kappa shape index (κ3) is 3.64. The van der Waals surface area contributed by atoms with Crippen molar-refractivity contribution < 1.29 is 13.7 Å². The first kappa shape index (κ1) is 18.3. The standard InChI is InChI=1S/C21H17ClN2O4/c1-12(2)16-10-20(25)27-18-9-13(7-8-14(16)18)26-11-19-23-21(24-28-19)15-5-3-4-6-17(15)22/h3-10,12H,11H2,1-2H3. The fraction of sp³-hybridized carbons (Fsp3) is 0.190. The fourth-order valence-corrected chi connectivity index (χ4v) is 3.17. The molecule has 0 saturated carbocycles. The molecule has 4 aromatic rings. The molecule has 142 valence electrons. The van der Waals surface area contributed by atoms with Crippen LogP contribution in [-0.4, -0.2) is 10.1 Å². The van der Waals surface area contributed by atoms with Crippen molar-refractivity contribution in [1.29, 1.82) is 0 Å². The van der Waals surface area contributed by atoms with Crippen molar-refractivity contribution in [1.82, 2.24) is 10.1 Å². The van der Waals surface area contributed by atoms with Crippen molar-refractivity contribution in [3.63, 3.8) is 0 Å². The molecule has 2 heterocycles. The molecule has 0 radical (unpaired) electrons. The van der Waals surface area contributed by atoms with E-state index < -0.39 is 0 Å². The molecular formula is C21H17ClN2O4. The molecule has 2 aromatic carbocycles. The third-order valence-electron chi connectivity index (χ3n) is 4.32. The largest absolute Gasteiger partial charge is 0.484 e. The minimum atomic E-state index is -0.380. The van der Waals surface area contributed by atoms with Crippen LogP contribution in [0.2, 0.25) is 5.02 Å². The minimum absolute atomic E-state index is 0.0804. The predicted molar refractivity (Wildman–Crippen MR) is 106 cm³/mol. The second-order valence-electron chi connectivity index (χ2n) is 6.61. The summed E-state index contributed by atoms with van der Waals surface area (Å²) < 4.78 is 16.3. The van der Waals surface area contributed by atoms with Gasteiger partial charge >= 0.3 is 5.63 Å². The zero-order valence-electron chi connectivity index (χ0n) is 15.3. The van der Waals surface area contributed by atoms with Gasteiger partial charge in [0.25, 0.3) is 5.89 Å². The van der Waals surface area contributed by atoms with Gasteiger partial charge in [-0.1, -0.05) is 42.7 Å². The van der Waals surface area contributed by atoms with Crippen LogP contribution in [0.15, 0.2) is 62.3 Å². The van der Waals surface area contributed by atoms with E-state index in [4.69, 9.17) is 25.3 Å². The molecule has 28 heavy (non-hydrogen) atoms. The van der Waals surface area contributed by atoms with Gasteiger partial charge in [0.15, 0.2) is 6.61 Å². The van der Waals surface area contributed by atoms with Gasteiger partial charge in [0, 0.05) is 23.1 Å². The second-order valence-corrected chi connectivity index (χ2v) is 7.02. The lowest BCUT2D eigenvalue weighted by Crippen LogP contribution is -2.02. The van der Waals surface area contributed by atoms with Crippen molar-refractivity contribution in [3.05, 3.63) is 75.4 Å². The molecule has 0 amide bonds. The van der Waals surface area contributed by atoms with E-state index in [0.29, 0.717) is 33.6 Å². The summed E-state index contributed by atoms with van der Waals surface area (Å²) in [5, 5.41) is 5.37. The van der Waals surface area contributed by atoms with Crippen molar-refractivity contribution in [2.24, 2.45) is 0 Å². The molecule has 0 aliphatic heterocycles. The van der Waals surface area contributed by atoms with E-state index in [1.54, 1.807) is 12.1 Å². The number of aromatic nitrogens is 2. The zero-order valence-corrected chi connectivity index (χ0v) is 16.1. The molecule has 0 saturated heterocycles. The SMILES string of the molecule is CC(C)c1cc(=O)oc2cc(OCc3nc(-c4ccccc4Cl)no3)ccc12. The van der Waals surface area contributed by atoms with E-state index in [1.807, 2.05) is 44.2 Å². The first-order chi connectivity index (χ1) is 13.5. The lowest BCUT2D eigenvalue weighted by Gasteiger charge is -2.10. The molecule has 0 N–H and O–H groups in total. The summed E-state index contributed by atoms with van der Waals surface area (Å²) in [6, 6.07) is 14.2. The van der Waals surface area contributed by atoms with E-state index in [0.717, 1.165) is 10.9 Å². The van der Waals surface area contributed by atoms with Crippen LogP contribution in [0.3, 0.4) is 0 Å². The number of fused-ring (bicyclic) bond motifs is 1. The van der Waals surface area contributed by atoms with Crippen LogP contribution in [0.25, 0.3) is 22.4 Å². The van der Waals surface area contributed by atoms with E-state index in [2.05, 4.69) is 10.1 Å². The van der Waals surface area contributed by atoms with Gasteiger partial charge in [-0.25, -0.2) is 4.79 Å². The molecule has 0 fully saturated rings. The van der Waals surface area contributed by atoms with Gasteiger partial charge in [0.05, 0.1) is 5.02 Å². The highest BCUT2D eigenvalue weighted by atomic mass is 35.5. The Morgan fingerprint density at radius 1 is 1.14 bits per heavy atom. The Morgan fingerprint density at radius 2 is 1.96 bits per heavy atom. The normalized spacial score (nSPS) is 11.3. The maximum Gasteiger partial charge on any atom is 0.336 e. The second kappa shape index (κ2) is 7.48. The Hall–Kier alpha value is -3.12. The van der Waals surface area contributed by atoms with Crippen LogP contribution in [0, 0.1) is 0 Å². The van der Waals surface area contributed by atoms with Crippen LogP contribution in [-0.2, 0) is 6.61 Å². The summed E-state index contributed by atoms with van der Waals surface area (Å²) in [4.78, 5) is 16.1. The average Bonchev–Trinajstić information content (AvgIpc) is 3.14. The quantitative estimate of drug-likeness (QED) is 0.431. The smallest absolute Gasteiger partial charge is 0.336 e. The van der Waals surface area contributed by atoms with Crippen LogP contribution in [0.4, 0.5) is 0 Å². The molecular weight excluding hydrogens is 380 g/mol. The number of hydrogen-bond acceptors (Lipinski definition) is 6. The lowest BCUT2D eigenvalue weighted by molar-refractivity contribution is 0.243. The minimum Gasteiger partial charge on any atom is -0.484 e. The number of halogens is 1. The van der Waals surface area contributed by atoms with Crippen molar-refractivity contribution >= 4 is 22.6 Å². The summed E-state index contributed by atoms with van der Waals surface area (Å²) in [6.07, 6.45) is 0. The fourth-order valence-electron chi connectivity index (χ4n) is 2.95. The Morgan fingerprint density at radius 3 is 2.75 bits per heavy atom. The highest BCUT2D eigenvalue weighted by Crippen LogP contribution is 2.28. The van der Waals surface area contributed by atoms with Gasteiger partial charge in [-0.2, -0.15) is 4.98 Å². The summed E-state index contributed by atoms with van der Waals surface area (Å²) in [7, 11) is 0. The van der Waals surface area contributed by atoms with Gasteiger partial charge < -0.3 is 13.7 Å². The summed E-state index contributed by atoms with van der Waals surface area (Å²) in [5.74, 6) is 1.46. The Bertz CT molecular complexity index is 1200. The first-order valence-electron chi connectivity index (χ1n) is 8.79. The number of benzene rings is 2. The molecule has 7 heteroatoms. The molecule has 0 bridgehead atoms. The Balaban J connectivity index is 1.55. The van der Waals surface area contributed by atoms with Crippen molar-refractivity contribution in [3.8, 4) is 17.1 Å². The topological polar surface area (TPSA) is 78.4 Å². The summed E-state index contributed by atoms with van der Waals surface area (Å²) >= 11 is 6.16. The number of rotatable bonds is 5. The molecule has 0 atom stereocenters. The van der Waals surface area contributed by atoms with Crippen LogP contribution < -0.4 is 10.4 Å². The molecule has 0 unspecified atom stereocenters. The number of nitrogens with zero attached hydrogens (tertiary/aromatic N) is 2. The van der Waals surface area contributed by atoms with E-state index in [-0.39, 0.29) is 18.2 Å². The lowest BCUT2D eigenvalue weighted by atomic mass is 10.00. The summed E-state index contributed by atoms with van der Waals surface area (Å²) in [5.41, 5.74) is 1.73.